The Bertz CT molecular complexity index is 435. The first kappa shape index (κ1) is 15.9. The minimum atomic E-state index is 0.527. The van der Waals surface area contributed by atoms with Crippen molar-refractivity contribution in [3.8, 4) is 6.07 Å². The van der Waals surface area contributed by atoms with Crippen LogP contribution in [0.15, 0.2) is 24.3 Å². The lowest BCUT2D eigenvalue weighted by atomic mass is 9.97. The van der Waals surface area contributed by atoms with Crippen LogP contribution in [0.25, 0.3) is 0 Å². The minimum absolute atomic E-state index is 0.527. The molecule has 0 radical (unpaired) electrons. The Hall–Kier alpha value is -1.49. The summed E-state index contributed by atoms with van der Waals surface area (Å²) in [4.78, 5) is 0. The van der Waals surface area contributed by atoms with Gasteiger partial charge in [0.05, 0.1) is 11.3 Å². The van der Waals surface area contributed by atoms with E-state index in [0.29, 0.717) is 6.04 Å². The molecule has 0 aromatic heterocycles. The highest BCUT2D eigenvalue weighted by molar-refractivity contribution is 5.57. The van der Waals surface area contributed by atoms with Gasteiger partial charge in [-0.1, -0.05) is 69.9 Å². The molecule has 0 spiro atoms. The zero-order valence-electron chi connectivity index (χ0n) is 13.1. The van der Waals surface area contributed by atoms with E-state index in [2.05, 4.69) is 11.4 Å². The summed E-state index contributed by atoms with van der Waals surface area (Å²) in [6.07, 6.45) is 14.8. The first-order valence-corrected chi connectivity index (χ1v) is 8.66. The van der Waals surface area contributed by atoms with Crippen molar-refractivity contribution >= 4 is 5.69 Å². The molecule has 0 amide bonds. The van der Waals surface area contributed by atoms with Gasteiger partial charge in [-0.3, -0.25) is 0 Å². The van der Waals surface area contributed by atoms with Gasteiger partial charge in [0, 0.05) is 6.04 Å². The smallest absolute Gasteiger partial charge is 0.101 e. The Labute approximate surface area is 129 Å². The van der Waals surface area contributed by atoms with Crippen LogP contribution in [-0.4, -0.2) is 6.04 Å². The van der Waals surface area contributed by atoms with Crippen LogP contribution in [0.5, 0.6) is 0 Å². The zero-order chi connectivity index (χ0) is 14.8. The fourth-order valence-electron chi connectivity index (χ4n) is 3.23. The number of hydrogen-bond acceptors (Lipinski definition) is 2. The largest absolute Gasteiger partial charge is 0.381 e. The van der Waals surface area contributed by atoms with Gasteiger partial charge in [0.2, 0.25) is 0 Å². The number of nitrogens with zero attached hydrogens (tertiary/aromatic N) is 1. The number of para-hydroxylation sites is 1. The summed E-state index contributed by atoms with van der Waals surface area (Å²) in [5, 5.41) is 12.8. The molecule has 0 heterocycles. The Morgan fingerprint density at radius 3 is 1.90 bits per heavy atom. The van der Waals surface area contributed by atoms with Gasteiger partial charge in [0.15, 0.2) is 0 Å². The lowest BCUT2D eigenvalue weighted by Crippen LogP contribution is -2.20. The van der Waals surface area contributed by atoms with Crippen LogP contribution in [0.2, 0.25) is 0 Å². The maximum absolute atomic E-state index is 9.21. The molecule has 1 aromatic rings. The summed E-state index contributed by atoms with van der Waals surface area (Å²) >= 11 is 0. The van der Waals surface area contributed by atoms with Crippen LogP contribution in [0.1, 0.15) is 76.2 Å². The number of rotatable bonds is 2. The van der Waals surface area contributed by atoms with Crippen LogP contribution < -0.4 is 5.32 Å². The summed E-state index contributed by atoms with van der Waals surface area (Å²) in [6.45, 7) is 0. The third-order valence-corrected chi connectivity index (χ3v) is 4.51. The summed E-state index contributed by atoms with van der Waals surface area (Å²) in [5.74, 6) is 0. The molecule has 0 saturated heterocycles. The van der Waals surface area contributed by atoms with Crippen molar-refractivity contribution in [1.29, 1.82) is 5.26 Å². The highest BCUT2D eigenvalue weighted by atomic mass is 14.9. The van der Waals surface area contributed by atoms with Gasteiger partial charge in [-0.05, 0) is 25.0 Å². The predicted molar refractivity (Wildman–Crippen MR) is 89.4 cm³/mol. The Morgan fingerprint density at radius 1 is 0.810 bits per heavy atom. The third-order valence-electron chi connectivity index (χ3n) is 4.51. The van der Waals surface area contributed by atoms with Crippen molar-refractivity contribution in [2.75, 3.05) is 5.32 Å². The first-order valence-electron chi connectivity index (χ1n) is 8.66. The maximum Gasteiger partial charge on any atom is 0.101 e. The van der Waals surface area contributed by atoms with Crippen molar-refractivity contribution in [3.63, 3.8) is 0 Å². The van der Waals surface area contributed by atoms with Crippen molar-refractivity contribution in [2.24, 2.45) is 0 Å². The number of hydrogen-bond donors (Lipinski definition) is 1. The lowest BCUT2D eigenvalue weighted by Gasteiger charge is -2.21. The van der Waals surface area contributed by atoms with E-state index in [1.807, 2.05) is 24.3 Å². The Morgan fingerprint density at radius 2 is 1.33 bits per heavy atom. The Balaban J connectivity index is 1.92. The van der Waals surface area contributed by atoms with Crippen molar-refractivity contribution in [3.05, 3.63) is 29.8 Å². The minimum Gasteiger partial charge on any atom is -0.381 e. The second kappa shape index (κ2) is 9.45. The number of benzene rings is 1. The molecule has 0 atom stereocenters. The molecule has 2 heteroatoms. The van der Waals surface area contributed by atoms with Crippen molar-refractivity contribution < 1.29 is 0 Å². The van der Waals surface area contributed by atoms with Gasteiger partial charge in [-0.25, -0.2) is 0 Å². The van der Waals surface area contributed by atoms with Gasteiger partial charge in [0.25, 0.3) is 0 Å². The number of nitrogens with one attached hydrogen (secondary N) is 1. The number of nitriles is 1. The molecule has 114 valence electrons. The maximum atomic E-state index is 9.21. The molecular formula is C19H28N2. The molecule has 0 aliphatic heterocycles. The van der Waals surface area contributed by atoms with Gasteiger partial charge in [0.1, 0.15) is 6.07 Å². The van der Waals surface area contributed by atoms with Crippen LogP contribution in [-0.2, 0) is 0 Å². The normalized spacial score (nSPS) is 19.0. The van der Waals surface area contributed by atoms with Crippen LogP contribution in [0.4, 0.5) is 5.69 Å². The average Bonchev–Trinajstić information content (AvgIpc) is 2.50. The van der Waals surface area contributed by atoms with Gasteiger partial charge in [-0.2, -0.15) is 5.26 Å². The SMILES string of the molecule is N#Cc1ccccc1NC1CCCCCCCCCCC1. The predicted octanol–water partition coefficient (Wildman–Crippen LogP) is 5.64. The third kappa shape index (κ3) is 5.79. The van der Waals surface area contributed by atoms with Gasteiger partial charge < -0.3 is 5.32 Å². The molecule has 0 unspecified atom stereocenters. The monoisotopic (exact) mass is 284 g/mol. The molecule has 2 rings (SSSR count). The number of anilines is 1. The molecule has 1 aliphatic carbocycles. The molecule has 1 saturated carbocycles. The molecule has 1 N–H and O–H groups in total. The summed E-state index contributed by atoms with van der Waals surface area (Å²) in [6, 6.07) is 10.7. The fraction of sp³-hybridized carbons (Fsp3) is 0.632. The van der Waals surface area contributed by atoms with Gasteiger partial charge >= 0.3 is 0 Å². The Kier molecular flexibility index (Phi) is 7.15. The quantitative estimate of drug-likeness (QED) is 0.762. The average molecular weight is 284 g/mol. The lowest BCUT2D eigenvalue weighted by molar-refractivity contribution is 0.480. The van der Waals surface area contributed by atoms with Crippen LogP contribution in [0.3, 0.4) is 0 Å². The van der Waals surface area contributed by atoms with E-state index in [1.165, 1.54) is 70.6 Å². The molecule has 1 aromatic carbocycles. The van der Waals surface area contributed by atoms with E-state index in [-0.39, 0.29) is 0 Å². The molecule has 0 bridgehead atoms. The van der Waals surface area contributed by atoms with E-state index in [4.69, 9.17) is 0 Å². The van der Waals surface area contributed by atoms with Gasteiger partial charge in [-0.15, -0.1) is 0 Å². The highest BCUT2D eigenvalue weighted by Gasteiger charge is 2.11. The topological polar surface area (TPSA) is 35.8 Å². The van der Waals surface area contributed by atoms with E-state index >= 15 is 0 Å². The summed E-state index contributed by atoms with van der Waals surface area (Å²) in [7, 11) is 0. The van der Waals surface area contributed by atoms with E-state index < -0.39 is 0 Å². The summed E-state index contributed by atoms with van der Waals surface area (Å²) < 4.78 is 0. The summed E-state index contributed by atoms with van der Waals surface area (Å²) in [5.41, 5.74) is 1.78. The molecule has 1 fully saturated rings. The van der Waals surface area contributed by atoms with Crippen molar-refractivity contribution in [1.82, 2.24) is 0 Å². The molecule has 1 aliphatic rings. The fourth-order valence-corrected chi connectivity index (χ4v) is 3.23. The standard InChI is InChI=1S/C19H28N2/c20-16-17-12-10-11-15-19(17)21-18-13-8-6-4-2-1-3-5-7-9-14-18/h10-12,15,18,21H,1-9,13-14H2. The van der Waals surface area contributed by atoms with Crippen molar-refractivity contribution in [2.45, 2.75) is 76.7 Å². The van der Waals surface area contributed by atoms with Crippen LogP contribution >= 0.6 is 0 Å². The van der Waals surface area contributed by atoms with Crippen LogP contribution in [0, 0.1) is 11.3 Å². The van der Waals surface area contributed by atoms with E-state index in [1.54, 1.807) is 0 Å². The second-order valence-corrected chi connectivity index (χ2v) is 6.26. The molecule has 2 nitrogen and oxygen atoms in total. The second-order valence-electron chi connectivity index (χ2n) is 6.26. The first-order chi connectivity index (χ1) is 10.4. The van der Waals surface area contributed by atoms with E-state index in [9.17, 15) is 5.26 Å². The molecule has 21 heavy (non-hydrogen) atoms. The highest BCUT2D eigenvalue weighted by Crippen LogP contribution is 2.21. The zero-order valence-corrected chi connectivity index (χ0v) is 13.1. The molecular weight excluding hydrogens is 256 g/mol. The van der Waals surface area contributed by atoms with E-state index in [0.717, 1.165) is 11.3 Å².